The van der Waals surface area contributed by atoms with E-state index in [-0.39, 0.29) is 43.4 Å². The third kappa shape index (κ3) is 7.13. The van der Waals surface area contributed by atoms with E-state index in [1.165, 1.54) is 11.2 Å². The number of rotatable bonds is 11. The number of aromatic nitrogens is 2. The summed E-state index contributed by atoms with van der Waals surface area (Å²) >= 11 is 0. The number of carbonyl (C=O) groups is 4. The molecule has 4 rings (SSSR count). The van der Waals surface area contributed by atoms with Crippen molar-refractivity contribution >= 4 is 34.5 Å². The molecule has 1 aromatic heterocycles. The number of amides is 1. The van der Waals surface area contributed by atoms with Crippen molar-refractivity contribution < 1.29 is 38.5 Å². The minimum Gasteiger partial charge on any atom is -0.497 e. The van der Waals surface area contributed by atoms with Crippen LogP contribution in [0.3, 0.4) is 0 Å². The molecule has 0 radical (unpaired) electrons. The molecule has 1 amide bonds. The van der Waals surface area contributed by atoms with Crippen LogP contribution >= 0.6 is 0 Å². The summed E-state index contributed by atoms with van der Waals surface area (Å²) in [7, 11) is 1.56. The Morgan fingerprint density at radius 1 is 1.11 bits per heavy atom. The van der Waals surface area contributed by atoms with Gasteiger partial charge in [0.15, 0.2) is 5.78 Å². The van der Waals surface area contributed by atoms with Crippen LogP contribution in [0.2, 0.25) is 0 Å². The topological polar surface area (TPSA) is 145 Å². The van der Waals surface area contributed by atoms with Gasteiger partial charge in [0.2, 0.25) is 11.8 Å². The van der Waals surface area contributed by atoms with E-state index in [4.69, 9.17) is 14.2 Å². The van der Waals surface area contributed by atoms with Crippen LogP contribution in [0.5, 0.6) is 11.6 Å². The number of Topliss-reactive ketones (excluding diaryl/α,β-unsaturated/α-hetero) is 1. The Morgan fingerprint density at radius 2 is 1.82 bits per heavy atom. The molecular formula is C33H45N3O8. The van der Waals surface area contributed by atoms with E-state index in [1.54, 1.807) is 46.1 Å². The van der Waals surface area contributed by atoms with Gasteiger partial charge >= 0.3 is 11.9 Å². The number of nitrogens with zero attached hydrogens (tertiary/aromatic N) is 3. The van der Waals surface area contributed by atoms with E-state index in [1.807, 2.05) is 27.7 Å². The largest absolute Gasteiger partial charge is 0.497 e. The molecule has 1 saturated heterocycles. The summed E-state index contributed by atoms with van der Waals surface area (Å²) in [6.45, 7) is 12.9. The summed E-state index contributed by atoms with van der Waals surface area (Å²) in [5.74, 6) is -2.10. The zero-order valence-electron chi connectivity index (χ0n) is 27.0. The van der Waals surface area contributed by atoms with E-state index in [0.717, 1.165) is 0 Å². The van der Waals surface area contributed by atoms with Gasteiger partial charge in [-0.25, -0.2) is 9.97 Å². The molecule has 240 valence electrons. The second-order valence-corrected chi connectivity index (χ2v) is 14.2. The highest BCUT2D eigenvalue weighted by molar-refractivity contribution is 5.95. The monoisotopic (exact) mass is 611 g/mol. The first kappa shape index (κ1) is 33.1. The van der Waals surface area contributed by atoms with Crippen LogP contribution in [0.15, 0.2) is 24.5 Å². The lowest BCUT2D eigenvalue weighted by atomic mass is 9.77. The van der Waals surface area contributed by atoms with Crippen molar-refractivity contribution in [1.29, 1.82) is 0 Å². The number of methoxy groups -OCH3 is 1. The second-order valence-electron chi connectivity index (χ2n) is 14.2. The van der Waals surface area contributed by atoms with E-state index in [2.05, 4.69) is 9.97 Å². The Hall–Kier alpha value is -3.76. The molecule has 1 aliphatic carbocycles. The van der Waals surface area contributed by atoms with Gasteiger partial charge in [0.25, 0.3) is 0 Å². The van der Waals surface area contributed by atoms with Crippen LogP contribution in [0.1, 0.15) is 80.6 Å². The average Bonchev–Trinajstić information content (AvgIpc) is 3.49. The lowest BCUT2D eigenvalue weighted by Gasteiger charge is -2.35. The number of aliphatic carboxylic acids is 1. The molecule has 2 aromatic rings. The molecule has 1 N–H and O–H groups in total. The minimum absolute atomic E-state index is 0.0784. The van der Waals surface area contributed by atoms with Gasteiger partial charge in [-0.05, 0) is 50.7 Å². The Morgan fingerprint density at radius 3 is 2.39 bits per heavy atom. The van der Waals surface area contributed by atoms with Gasteiger partial charge in [-0.15, -0.1) is 0 Å². The summed E-state index contributed by atoms with van der Waals surface area (Å²) in [5.41, 5.74) is -1.85. The standard InChI is InChI=1S/C33H45N3O8/c1-9-19-15-33(19,30(40)41)16-26(37)25-13-21(43-28-22-11-10-20(42-8)12-24(22)34-18-35-28)17-36(25)29(39)23(31(2,3)4)14-27(38)44-32(5,6)7/h10-12,18-19,21,23,25H,9,13-17H2,1-8H3,(H,40,41)/t19-,21-,23-,25+,33-/m1/s1. The summed E-state index contributed by atoms with van der Waals surface area (Å²) in [6.07, 6.45) is 1.72. The Labute approximate surface area is 258 Å². The quantitative estimate of drug-likeness (QED) is 0.350. The zero-order chi connectivity index (χ0) is 32.6. The number of carboxylic acid groups (broad SMARTS) is 1. The molecule has 2 aliphatic rings. The normalized spacial score (nSPS) is 24.1. The number of hydrogen-bond donors (Lipinski definition) is 1. The van der Waals surface area contributed by atoms with Crippen molar-refractivity contribution in [3.8, 4) is 11.6 Å². The number of fused-ring (bicyclic) bond motifs is 1. The third-order valence-electron chi connectivity index (χ3n) is 8.78. The average molecular weight is 612 g/mol. The fourth-order valence-corrected chi connectivity index (χ4v) is 6.24. The van der Waals surface area contributed by atoms with Crippen LogP contribution in [-0.4, -0.2) is 75.0 Å². The van der Waals surface area contributed by atoms with E-state index in [0.29, 0.717) is 35.4 Å². The molecule has 1 aliphatic heterocycles. The molecule has 11 heteroatoms. The number of likely N-dealkylation sites (tertiary alicyclic amines) is 1. The summed E-state index contributed by atoms with van der Waals surface area (Å²) < 4.78 is 17.2. The van der Waals surface area contributed by atoms with Crippen molar-refractivity contribution in [3.05, 3.63) is 24.5 Å². The Bertz CT molecular complexity index is 1430. The fraction of sp³-hybridized carbons (Fsp3) is 0.636. The number of ketones is 1. The SMILES string of the molecule is CC[C@@H]1C[C@]1(CC(=O)[C@@H]1C[C@@H](Oc2ncnc3cc(OC)ccc23)CN1C(=O)[C@@H](CC(=O)OC(C)(C)C)C(C)(C)C)C(=O)O. The zero-order valence-corrected chi connectivity index (χ0v) is 27.0. The van der Waals surface area contributed by atoms with Crippen molar-refractivity contribution in [3.63, 3.8) is 0 Å². The van der Waals surface area contributed by atoms with Gasteiger partial charge in [0, 0.05) is 18.9 Å². The smallest absolute Gasteiger partial charge is 0.310 e. The summed E-state index contributed by atoms with van der Waals surface area (Å²) in [5, 5.41) is 10.7. The molecule has 2 fully saturated rings. The molecule has 1 saturated carbocycles. The van der Waals surface area contributed by atoms with Crippen molar-refractivity contribution in [2.24, 2.45) is 22.7 Å². The maximum absolute atomic E-state index is 14.3. The van der Waals surface area contributed by atoms with Gasteiger partial charge in [-0.2, -0.15) is 0 Å². The van der Waals surface area contributed by atoms with Crippen LogP contribution < -0.4 is 9.47 Å². The predicted octanol–water partition coefficient (Wildman–Crippen LogP) is 4.84. The highest BCUT2D eigenvalue weighted by atomic mass is 16.6. The molecule has 5 atom stereocenters. The van der Waals surface area contributed by atoms with Crippen molar-refractivity contribution in [2.45, 2.75) is 98.3 Å². The number of hydrogen-bond acceptors (Lipinski definition) is 9. The molecule has 0 bridgehead atoms. The minimum atomic E-state index is -1.11. The van der Waals surface area contributed by atoms with Crippen LogP contribution in [0, 0.1) is 22.7 Å². The molecule has 44 heavy (non-hydrogen) atoms. The maximum Gasteiger partial charge on any atom is 0.310 e. The molecule has 1 aromatic carbocycles. The highest BCUT2D eigenvalue weighted by Crippen LogP contribution is 2.57. The van der Waals surface area contributed by atoms with Crippen LogP contribution in [0.4, 0.5) is 0 Å². The van der Waals surface area contributed by atoms with Gasteiger partial charge in [0.05, 0.1) is 48.4 Å². The third-order valence-corrected chi connectivity index (χ3v) is 8.78. The number of carboxylic acids is 1. The molecular weight excluding hydrogens is 566 g/mol. The Kier molecular flexibility index (Phi) is 9.28. The van der Waals surface area contributed by atoms with Crippen molar-refractivity contribution in [1.82, 2.24) is 14.9 Å². The van der Waals surface area contributed by atoms with Gasteiger partial charge in [0.1, 0.15) is 23.8 Å². The summed E-state index contributed by atoms with van der Waals surface area (Å²) in [4.78, 5) is 63.4. The first-order valence-corrected chi connectivity index (χ1v) is 15.2. The Balaban J connectivity index is 1.64. The second kappa shape index (κ2) is 12.3. The first-order valence-electron chi connectivity index (χ1n) is 15.2. The molecule has 0 unspecified atom stereocenters. The molecule has 0 spiro atoms. The maximum atomic E-state index is 14.3. The number of ether oxygens (including phenoxy) is 3. The van der Waals surface area contributed by atoms with Crippen LogP contribution in [0.25, 0.3) is 10.9 Å². The first-order chi connectivity index (χ1) is 20.5. The summed E-state index contributed by atoms with van der Waals surface area (Å²) in [6, 6.07) is 4.41. The number of benzene rings is 1. The molecule has 2 heterocycles. The lowest BCUT2D eigenvalue weighted by Crippen LogP contribution is -2.48. The number of esters is 1. The highest BCUT2D eigenvalue weighted by Gasteiger charge is 2.61. The van der Waals surface area contributed by atoms with Crippen molar-refractivity contribution in [2.75, 3.05) is 13.7 Å². The van der Waals surface area contributed by atoms with E-state index >= 15 is 0 Å². The lowest BCUT2D eigenvalue weighted by molar-refractivity contribution is -0.161. The molecule has 11 nitrogen and oxygen atoms in total. The number of carbonyl (C=O) groups excluding carboxylic acids is 3. The van der Waals surface area contributed by atoms with Gasteiger partial charge in [-0.3, -0.25) is 19.2 Å². The fourth-order valence-electron chi connectivity index (χ4n) is 6.24. The van der Waals surface area contributed by atoms with Gasteiger partial charge < -0.3 is 24.2 Å². The predicted molar refractivity (Wildman–Crippen MR) is 162 cm³/mol. The van der Waals surface area contributed by atoms with Crippen LogP contribution in [-0.2, 0) is 23.9 Å². The van der Waals surface area contributed by atoms with E-state index < -0.39 is 46.4 Å². The van der Waals surface area contributed by atoms with E-state index in [9.17, 15) is 24.3 Å². The van der Waals surface area contributed by atoms with Gasteiger partial charge in [-0.1, -0.05) is 34.1 Å².